The van der Waals surface area contributed by atoms with Gasteiger partial charge in [0.2, 0.25) is 0 Å². The van der Waals surface area contributed by atoms with Crippen LogP contribution in [0.2, 0.25) is 5.02 Å². The molecular weight excluding hydrogens is 500 g/mol. The fourth-order valence-corrected chi connectivity index (χ4v) is 5.16. The number of aliphatic hydroxyl groups excluding tert-OH is 1. The van der Waals surface area contributed by atoms with Crippen molar-refractivity contribution in [3.05, 3.63) is 110 Å². The molecule has 1 aliphatic heterocycles. The van der Waals surface area contributed by atoms with Crippen LogP contribution in [0.25, 0.3) is 11.0 Å². The van der Waals surface area contributed by atoms with Crippen molar-refractivity contribution in [1.29, 1.82) is 0 Å². The van der Waals surface area contributed by atoms with Crippen LogP contribution in [0.5, 0.6) is 5.75 Å². The maximum absolute atomic E-state index is 12.8. The third-order valence-corrected chi connectivity index (χ3v) is 7.40. The van der Waals surface area contributed by atoms with Gasteiger partial charge in [-0.15, -0.1) is 0 Å². The van der Waals surface area contributed by atoms with Crippen molar-refractivity contribution in [1.82, 2.24) is 9.80 Å². The third-order valence-electron chi connectivity index (χ3n) is 7.15. The summed E-state index contributed by atoms with van der Waals surface area (Å²) in [6, 6.07) is 23.3. The molecule has 198 valence electrons. The second kappa shape index (κ2) is 12.6. The SMILES string of the molecule is O=c1oc2cc(OCCCN3CCN(Cc4ccc(Cl)cc4)CC3)ccc2c(CO)c1Cc1ccccc1. The zero-order chi connectivity index (χ0) is 26.3. The van der Waals surface area contributed by atoms with Gasteiger partial charge in [-0.25, -0.2) is 4.79 Å². The Labute approximate surface area is 228 Å². The van der Waals surface area contributed by atoms with Gasteiger partial charge in [-0.2, -0.15) is 0 Å². The highest BCUT2D eigenvalue weighted by atomic mass is 35.5. The summed E-state index contributed by atoms with van der Waals surface area (Å²) in [6.45, 7) is 6.48. The molecule has 1 aromatic heterocycles. The largest absolute Gasteiger partial charge is 0.493 e. The lowest BCUT2D eigenvalue weighted by Gasteiger charge is -2.34. The van der Waals surface area contributed by atoms with E-state index in [9.17, 15) is 9.90 Å². The minimum absolute atomic E-state index is 0.225. The van der Waals surface area contributed by atoms with E-state index in [4.69, 9.17) is 20.8 Å². The van der Waals surface area contributed by atoms with E-state index in [2.05, 4.69) is 21.9 Å². The van der Waals surface area contributed by atoms with E-state index in [1.165, 1.54) is 5.56 Å². The Hall–Kier alpha value is -3.16. The summed E-state index contributed by atoms with van der Waals surface area (Å²) in [7, 11) is 0. The van der Waals surface area contributed by atoms with Gasteiger partial charge >= 0.3 is 5.63 Å². The topological polar surface area (TPSA) is 66.2 Å². The first-order valence-corrected chi connectivity index (χ1v) is 13.5. The third kappa shape index (κ3) is 6.63. The summed E-state index contributed by atoms with van der Waals surface area (Å²) in [5.74, 6) is 0.660. The fourth-order valence-electron chi connectivity index (χ4n) is 5.03. The number of piperazine rings is 1. The number of ether oxygens (including phenoxy) is 1. The number of halogens is 1. The van der Waals surface area contributed by atoms with Crippen LogP contribution in [0.4, 0.5) is 0 Å². The number of rotatable bonds is 10. The number of nitrogens with zero attached hydrogens (tertiary/aromatic N) is 2. The van der Waals surface area contributed by atoms with Gasteiger partial charge in [-0.05, 0) is 47.4 Å². The fraction of sp³-hybridized carbons (Fsp3) is 0.323. The average molecular weight is 533 g/mol. The van der Waals surface area contributed by atoms with Crippen molar-refractivity contribution < 1.29 is 14.3 Å². The van der Waals surface area contributed by atoms with Crippen molar-refractivity contribution in [2.75, 3.05) is 39.3 Å². The second-order valence-corrected chi connectivity index (χ2v) is 10.2. The lowest BCUT2D eigenvalue weighted by molar-refractivity contribution is 0.121. The van der Waals surface area contributed by atoms with E-state index in [0.717, 1.165) is 61.7 Å². The van der Waals surface area contributed by atoms with Crippen LogP contribution in [-0.2, 0) is 19.6 Å². The summed E-state index contributed by atoms with van der Waals surface area (Å²) in [5.41, 5.74) is 3.41. The predicted octanol–water partition coefficient (Wildman–Crippen LogP) is 5.12. The Balaban J connectivity index is 1.12. The van der Waals surface area contributed by atoms with E-state index < -0.39 is 5.63 Å². The van der Waals surface area contributed by atoms with Crippen molar-refractivity contribution in [3.8, 4) is 5.75 Å². The Morgan fingerprint density at radius 1 is 0.868 bits per heavy atom. The first-order chi connectivity index (χ1) is 18.6. The van der Waals surface area contributed by atoms with Gasteiger partial charge in [-0.3, -0.25) is 4.90 Å². The Bertz CT molecular complexity index is 1400. The van der Waals surface area contributed by atoms with E-state index in [1.807, 2.05) is 54.6 Å². The molecular formula is C31H33ClN2O4. The molecule has 38 heavy (non-hydrogen) atoms. The zero-order valence-electron chi connectivity index (χ0n) is 21.4. The van der Waals surface area contributed by atoms with Crippen LogP contribution in [-0.4, -0.2) is 54.2 Å². The monoisotopic (exact) mass is 532 g/mol. The molecule has 7 heteroatoms. The summed E-state index contributed by atoms with van der Waals surface area (Å²) in [4.78, 5) is 17.7. The lowest BCUT2D eigenvalue weighted by atomic mass is 9.99. The molecule has 0 bridgehead atoms. The van der Waals surface area contributed by atoms with Gasteiger partial charge in [0.25, 0.3) is 0 Å². The van der Waals surface area contributed by atoms with Crippen LogP contribution in [0.1, 0.15) is 28.7 Å². The first kappa shape index (κ1) is 26.4. The van der Waals surface area contributed by atoms with Crippen LogP contribution < -0.4 is 10.4 Å². The molecule has 0 atom stereocenters. The average Bonchev–Trinajstić information content (AvgIpc) is 2.94. The number of fused-ring (bicyclic) bond motifs is 1. The van der Waals surface area contributed by atoms with Gasteiger partial charge in [0.05, 0.1) is 13.2 Å². The number of hydrogen-bond donors (Lipinski definition) is 1. The molecule has 1 fully saturated rings. The molecule has 0 saturated carbocycles. The van der Waals surface area contributed by atoms with Crippen molar-refractivity contribution in [2.24, 2.45) is 0 Å². The van der Waals surface area contributed by atoms with Crippen LogP contribution in [0.15, 0.2) is 82.0 Å². The Morgan fingerprint density at radius 3 is 2.34 bits per heavy atom. The van der Waals surface area contributed by atoms with Gasteiger partial charge in [0.1, 0.15) is 11.3 Å². The molecule has 0 aliphatic carbocycles. The normalized spacial score (nSPS) is 14.7. The molecule has 3 aromatic carbocycles. The van der Waals surface area contributed by atoms with Crippen LogP contribution >= 0.6 is 11.6 Å². The number of aliphatic hydroxyl groups is 1. The molecule has 5 rings (SSSR count). The van der Waals surface area contributed by atoms with Gasteiger partial charge < -0.3 is 19.2 Å². The predicted molar refractivity (Wildman–Crippen MR) is 151 cm³/mol. The molecule has 4 aromatic rings. The van der Waals surface area contributed by atoms with E-state index >= 15 is 0 Å². The summed E-state index contributed by atoms with van der Waals surface area (Å²) >= 11 is 5.99. The van der Waals surface area contributed by atoms with Gasteiger partial charge in [-0.1, -0.05) is 54.1 Å². The molecule has 2 heterocycles. The van der Waals surface area contributed by atoms with E-state index in [-0.39, 0.29) is 6.61 Å². The van der Waals surface area contributed by atoms with E-state index in [0.29, 0.717) is 35.5 Å². The number of benzene rings is 3. The highest BCUT2D eigenvalue weighted by Gasteiger charge is 2.17. The highest BCUT2D eigenvalue weighted by molar-refractivity contribution is 6.30. The maximum Gasteiger partial charge on any atom is 0.340 e. The highest BCUT2D eigenvalue weighted by Crippen LogP contribution is 2.26. The number of hydrogen-bond acceptors (Lipinski definition) is 6. The smallest absolute Gasteiger partial charge is 0.340 e. The minimum Gasteiger partial charge on any atom is -0.493 e. The molecule has 1 saturated heterocycles. The minimum atomic E-state index is -0.419. The summed E-state index contributed by atoms with van der Waals surface area (Å²) < 4.78 is 11.6. The zero-order valence-corrected chi connectivity index (χ0v) is 22.2. The summed E-state index contributed by atoms with van der Waals surface area (Å²) in [6.07, 6.45) is 1.33. The van der Waals surface area contributed by atoms with Crippen LogP contribution in [0.3, 0.4) is 0 Å². The van der Waals surface area contributed by atoms with Gasteiger partial charge in [0, 0.05) is 67.7 Å². The second-order valence-electron chi connectivity index (χ2n) is 9.77. The quantitative estimate of drug-likeness (QED) is 0.226. The molecule has 0 unspecified atom stereocenters. The lowest BCUT2D eigenvalue weighted by Crippen LogP contribution is -2.46. The maximum atomic E-state index is 12.8. The van der Waals surface area contributed by atoms with Crippen molar-refractivity contribution in [3.63, 3.8) is 0 Å². The molecule has 0 spiro atoms. The van der Waals surface area contributed by atoms with Crippen LogP contribution in [0, 0.1) is 0 Å². The molecule has 1 N–H and O–H groups in total. The summed E-state index contributed by atoms with van der Waals surface area (Å²) in [5, 5.41) is 11.6. The molecule has 6 nitrogen and oxygen atoms in total. The molecule has 0 radical (unpaired) electrons. The van der Waals surface area contributed by atoms with Crippen molar-refractivity contribution in [2.45, 2.75) is 26.0 Å². The van der Waals surface area contributed by atoms with E-state index in [1.54, 1.807) is 6.07 Å². The standard InChI is InChI=1S/C31H33ClN2O4/c32-25-9-7-24(8-10-25)21-34-16-14-33(15-17-34)13-4-18-37-26-11-12-27-29(22-35)28(31(36)38-30(27)20-26)19-23-5-2-1-3-6-23/h1-3,5-12,20,35H,4,13-19,21-22H2. The molecule has 0 amide bonds. The Morgan fingerprint density at radius 2 is 1.61 bits per heavy atom. The van der Waals surface area contributed by atoms with Gasteiger partial charge in [0.15, 0.2) is 0 Å². The van der Waals surface area contributed by atoms with Crippen molar-refractivity contribution >= 4 is 22.6 Å². The molecule has 1 aliphatic rings. The Kier molecular flexibility index (Phi) is 8.76. The first-order valence-electron chi connectivity index (χ1n) is 13.1.